The van der Waals surface area contributed by atoms with Crippen LogP contribution in [-0.2, 0) is 4.74 Å². The third-order valence-corrected chi connectivity index (χ3v) is 0.485. The van der Waals surface area contributed by atoms with Crippen LogP contribution < -0.4 is 0 Å². The summed E-state index contributed by atoms with van der Waals surface area (Å²) in [5.41, 5.74) is 5.70. The summed E-state index contributed by atoms with van der Waals surface area (Å²) in [7, 11) is 0. The molecule has 0 aromatic heterocycles. The van der Waals surface area contributed by atoms with Crippen LogP contribution >= 0.6 is 0 Å². The molecule has 0 unspecified atom stereocenters. The van der Waals surface area contributed by atoms with Gasteiger partial charge in [0.2, 0.25) is 0 Å². The first-order chi connectivity index (χ1) is 3.95. The Morgan fingerprint density at radius 3 is 2.11 bits per heavy atom. The number of amides is 1. The molecule has 0 aliphatic rings. The standard InChI is InChI=1S/C5H10N2O2/c1-5(2,3)9-4(8)7-6/h6H,1-3H3. The predicted molar refractivity (Wildman–Crippen MR) is 31.4 cm³/mol. The highest BCUT2D eigenvalue weighted by molar-refractivity contribution is 5.67. The summed E-state index contributed by atoms with van der Waals surface area (Å²) in [4.78, 5) is 10.3. The summed E-state index contributed by atoms with van der Waals surface area (Å²) in [5, 5.41) is 2.56. The maximum absolute atomic E-state index is 10.3. The zero-order valence-corrected chi connectivity index (χ0v) is 5.76. The minimum Gasteiger partial charge on any atom is -0.441 e. The molecule has 52 valence electrons. The Labute approximate surface area is 53.7 Å². The van der Waals surface area contributed by atoms with Gasteiger partial charge in [-0.2, -0.15) is 5.53 Å². The topological polar surface area (TPSA) is 62.5 Å². The van der Waals surface area contributed by atoms with Crippen molar-refractivity contribution in [2.24, 2.45) is 5.11 Å². The van der Waals surface area contributed by atoms with Crippen molar-refractivity contribution in [2.45, 2.75) is 26.4 Å². The van der Waals surface area contributed by atoms with E-state index in [-0.39, 0.29) is 0 Å². The summed E-state index contributed by atoms with van der Waals surface area (Å²) in [5.74, 6) is 0. The van der Waals surface area contributed by atoms with E-state index in [0.29, 0.717) is 0 Å². The largest absolute Gasteiger partial charge is 0.452 e. The van der Waals surface area contributed by atoms with Crippen LogP contribution in [0.4, 0.5) is 4.79 Å². The summed E-state index contributed by atoms with van der Waals surface area (Å²) in [6, 6.07) is 0. The van der Waals surface area contributed by atoms with Gasteiger partial charge in [0.1, 0.15) is 5.60 Å². The molecule has 0 rings (SSSR count). The Hall–Kier alpha value is -0.930. The van der Waals surface area contributed by atoms with Gasteiger partial charge in [0, 0.05) is 0 Å². The third-order valence-electron chi connectivity index (χ3n) is 0.485. The first kappa shape index (κ1) is 8.07. The molecule has 9 heavy (non-hydrogen) atoms. The van der Waals surface area contributed by atoms with E-state index >= 15 is 0 Å². The summed E-state index contributed by atoms with van der Waals surface area (Å²) < 4.78 is 4.59. The molecular weight excluding hydrogens is 120 g/mol. The minimum atomic E-state index is -0.845. The quantitative estimate of drug-likeness (QED) is 0.509. The highest BCUT2D eigenvalue weighted by Gasteiger charge is 2.14. The second-order valence-electron chi connectivity index (χ2n) is 2.59. The average molecular weight is 130 g/mol. The van der Waals surface area contributed by atoms with Crippen molar-refractivity contribution in [1.29, 1.82) is 5.53 Å². The van der Waals surface area contributed by atoms with E-state index in [1.807, 2.05) is 0 Å². The molecule has 0 radical (unpaired) electrons. The number of nitrogens with zero attached hydrogens (tertiary/aromatic N) is 1. The van der Waals surface area contributed by atoms with Crippen LogP contribution in [0.25, 0.3) is 0 Å². The molecule has 1 N–H and O–H groups in total. The predicted octanol–water partition coefficient (Wildman–Crippen LogP) is 1.95. The van der Waals surface area contributed by atoms with Gasteiger partial charge in [0.05, 0.1) is 0 Å². The lowest BCUT2D eigenvalue weighted by molar-refractivity contribution is 0.0586. The first-order valence-electron chi connectivity index (χ1n) is 2.56. The summed E-state index contributed by atoms with van der Waals surface area (Å²) >= 11 is 0. The third kappa shape index (κ3) is 4.93. The van der Waals surface area contributed by atoms with E-state index in [4.69, 9.17) is 5.53 Å². The molecule has 0 fully saturated rings. The van der Waals surface area contributed by atoms with Gasteiger partial charge in [-0.3, -0.25) is 0 Å². The van der Waals surface area contributed by atoms with Gasteiger partial charge >= 0.3 is 6.09 Å². The number of rotatable bonds is 0. The zero-order chi connectivity index (χ0) is 7.49. The molecule has 0 spiro atoms. The molecule has 0 aromatic rings. The smallest absolute Gasteiger partial charge is 0.441 e. The van der Waals surface area contributed by atoms with E-state index in [1.165, 1.54) is 0 Å². The van der Waals surface area contributed by atoms with Gasteiger partial charge in [-0.25, -0.2) is 4.79 Å². The van der Waals surface area contributed by atoms with Crippen LogP contribution in [-0.4, -0.2) is 11.7 Å². The number of carbonyl (C=O) groups is 1. The van der Waals surface area contributed by atoms with Gasteiger partial charge in [-0.15, -0.1) is 0 Å². The Kier molecular flexibility index (Phi) is 2.30. The van der Waals surface area contributed by atoms with Crippen molar-refractivity contribution in [2.75, 3.05) is 0 Å². The van der Waals surface area contributed by atoms with Crippen molar-refractivity contribution in [3.05, 3.63) is 0 Å². The molecule has 0 aliphatic carbocycles. The molecule has 1 amide bonds. The van der Waals surface area contributed by atoms with E-state index in [9.17, 15) is 4.79 Å². The Morgan fingerprint density at radius 2 is 2.00 bits per heavy atom. The fourth-order valence-electron chi connectivity index (χ4n) is 0.285. The molecule has 0 bridgehead atoms. The van der Waals surface area contributed by atoms with E-state index in [0.717, 1.165) is 0 Å². The average Bonchev–Trinajstić information content (AvgIpc) is 1.62. The maximum Gasteiger partial charge on any atom is 0.452 e. The molecule has 0 aromatic carbocycles. The van der Waals surface area contributed by atoms with E-state index in [2.05, 4.69) is 9.85 Å². The lowest BCUT2D eigenvalue weighted by Gasteiger charge is -2.16. The Balaban J connectivity index is 3.74. The zero-order valence-electron chi connectivity index (χ0n) is 5.76. The highest BCUT2D eigenvalue weighted by atomic mass is 16.6. The normalized spacial score (nSPS) is 10.6. The van der Waals surface area contributed by atoms with Crippen LogP contribution in [0.15, 0.2) is 5.11 Å². The van der Waals surface area contributed by atoms with Gasteiger partial charge in [0.15, 0.2) is 0 Å². The molecule has 4 heteroatoms. The van der Waals surface area contributed by atoms with Crippen molar-refractivity contribution < 1.29 is 9.53 Å². The number of carbonyl (C=O) groups excluding carboxylic acids is 1. The first-order valence-corrected chi connectivity index (χ1v) is 2.56. The second-order valence-corrected chi connectivity index (χ2v) is 2.59. The fourth-order valence-corrected chi connectivity index (χ4v) is 0.285. The van der Waals surface area contributed by atoms with E-state index < -0.39 is 11.7 Å². The van der Waals surface area contributed by atoms with Crippen LogP contribution in [0.2, 0.25) is 0 Å². The maximum atomic E-state index is 10.3. The van der Waals surface area contributed by atoms with Gasteiger partial charge in [0.25, 0.3) is 0 Å². The number of nitrogens with one attached hydrogen (secondary N) is 1. The van der Waals surface area contributed by atoms with Crippen molar-refractivity contribution in [3.63, 3.8) is 0 Å². The second kappa shape index (κ2) is 2.57. The van der Waals surface area contributed by atoms with Crippen molar-refractivity contribution in [3.8, 4) is 0 Å². The highest BCUT2D eigenvalue weighted by Crippen LogP contribution is 2.07. The molecule has 0 aliphatic heterocycles. The fraction of sp³-hybridized carbons (Fsp3) is 0.800. The molecule has 0 saturated heterocycles. The van der Waals surface area contributed by atoms with Crippen LogP contribution in [0.5, 0.6) is 0 Å². The van der Waals surface area contributed by atoms with Gasteiger partial charge < -0.3 is 4.74 Å². The summed E-state index contributed by atoms with van der Waals surface area (Å²) in [6.45, 7) is 5.15. The minimum absolute atomic E-state index is 0.540. The summed E-state index contributed by atoms with van der Waals surface area (Å²) in [6.07, 6.45) is -0.845. The monoisotopic (exact) mass is 130 g/mol. The van der Waals surface area contributed by atoms with Gasteiger partial charge in [-0.05, 0) is 20.8 Å². The molecule has 0 atom stereocenters. The lowest BCUT2D eigenvalue weighted by atomic mass is 10.2. The van der Waals surface area contributed by atoms with Gasteiger partial charge in [-0.1, -0.05) is 5.11 Å². The Bertz CT molecular complexity index is 125. The van der Waals surface area contributed by atoms with Crippen LogP contribution in [0.1, 0.15) is 20.8 Å². The molecule has 0 saturated carbocycles. The molecule has 0 heterocycles. The number of ether oxygens (including phenoxy) is 1. The lowest BCUT2D eigenvalue weighted by Crippen LogP contribution is -2.21. The van der Waals surface area contributed by atoms with Crippen LogP contribution in [0.3, 0.4) is 0 Å². The number of hydrogen-bond acceptors (Lipinski definition) is 3. The van der Waals surface area contributed by atoms with Crippen molar-refractivity contribution >= 4 is 6.09 Å². The van der Waals surface area contributed by atoms with E-state index in [1.54, 1.807) is 20.8 Å². The SMILES string of the molecule is CC(C)(C)OC(=O)N=N. The Morgan fingerprint density at radius 1 is 1.56 bits per heavy atom. The van der Waals surface area contributed by atoms with Crippen LogP contribution in [0, 0.1) is 5.53 Å². The molecule has 4 nitrogen and oxygen atoms in total. The number of hydrogen-bond donors (Lipinski definition) is 1. The van der Waals surface area contributed by atoms with Crippen molar-refractivity contribution in [1.82, 2.24) is 0 Å². The molecular formula is C5H10N2O2.